The number of rotatable bonds is 0. The topological polar surface area (TPSA) is 0 Å². The van der Waals surface area contributed by atoms with Crippen molar-refractivity contribution in [2.45, 2.75) is 59.8 Å². The first-order chi connectivity index (χ1) is 9.96. The quantitative estimate of drug-likeness (QED) is 0.351. The molecule has 21 heavy (non-hydrogen) atoms. The maximum Gasteiger partial charge on any atom is 0.154 e. The van der Waals surface area contributed by atoms with Crippen LogP contribution in [0.15, 0.2) is 43.5 Å². The Labute approximate surface area is 132 Å². The SMILES string of the molecule is C1CC1.C=C.CC1(C)C2C=CC(C2)C1(C)C.[C+]1=CC=CC1. The van der Waals surface area contributed by atoms with E-state index in [0.29, 0.717) is 10.8 Å². The highest BCUT2D eigenvalue weighted by Gasteiger charge is 2.55. The van der Waals surface area contributed by atoms with Gasteiger partial charge in [0.2, 0.25) is 0 Å². The molecule has 4 rings (SSSR count). The van der Waals surface area contributed by atoms with Crippen LogP contribution in [0.25, 0.3) is 0 Å². The van der Waals surface area contributed by atoms with E-state index < -0.39 is 0 Å². The van der Waals surface area contributed by atoms with E-state index in [-0.39, 0.29) is 0 Å². The van der Waals surface area contributed by atoms with E-state index in [0.717, 1.165) is 18.3 Å². The molecule has 2 fully saturated rings. The molecule has 0 aliphatic heterocycles. The van der Waals surface area contributed by atoms with Crippen LogP contribution in [0.2, 0.25) is 0 Å². The van der Waals surface area contributed by atoms with Gasteiger partial charge < -0.3 is 0 Å². The van der Waals surface area contributed by atoms with Crippen LogP contribution in [0.1, 0.15) is 59.8 Å². The summed E-state index contributed by atoms with van der Waals surface area (Å²) < 4.78 is 0. The number of allylic oxidation sites excluding steroid dienone is 6. The number of fused-ring (bicyclic) bond motifs is 2. The number of hydrogen-bond acceptors (Lipinski definition) is 0. The molecule has 0 saturated heterocycles. The van der Waals surface area contributed by atoms with E-state index in [1.54, 1.807) is 0 Å². The summed E-state index contributed by atoms with van der Waals surface area (Å²) in [7, 11) is 0. The van der Waals surface area contributed by atoms with Crippen LogP contribution in [0.3, 0.4) is 0 Å². The monoisotopic (exact) mass is 285 g/mol. The Balaban J connectivity index is 0.000000182. The third-order valence-corrected chi connectivity index (χ3v) is 5.54. The minimum Gasteiger partial charge on any atom is -0.106 e. The van der Waals surface area contributed by atoms with Gasteiger partial charge in [0, 0.05) is 6.08 Å². The van der Waals surface area contributed by atoms with Crippen molar-refractivity contribution in [1.29, 1.82) is 0 Å². The fraction of sp³-hybridized carbons (Fsp3) is 0.619. The molecule has 0 spiro atoms. The van der Waals surface area contributed by atoms with Crippen molar-refractivity contribution in [3.63, 3.8) is 0 Å². The first-order valence-electron chi connectivity index (χ1n) is 8.36. The Morgan fingerprint density at radius 1 is 0.905 bits per heavy atom. The summed E-state index contributed by atoms with van der Waals surface area (Å²) in [4.78, 5) is 0. The summed E-state index contributed by atoms with van der Waals surface area (Å²) in [5, 5.41) is 0. The van der Waals surface area contributed by atoms with Gasteiger partial charge in [-0.1, -0.05) is 59.1 Å². The molecule has 2 unspecified atom stereocenters. The molecule has 0 heterocycles. The zero-order valence-corrected chi connectivity index (χ0v) is 14.5. The van der Waals surface area contributed by atoms with Crippen molar-refractivity contribution in [3.05, 3.63) is 49.6 Å². The normalized spacial score (nSPS) is 30.1. The summed E-state index contributed by atoms with van der Waals surface area (Å²) in [5.41, 5.74) is 1.04. The predicted molar refractivity (Wildman–Crippen MR) is 95.0 cm³/mol. The lowest BCUT2D eigenvalue weighted by molar-refractivity contribution is 0.0961. The highest BCUT2D eigenvalue weighted by Crippen LogP contribution is 2.62. The van der Waals surface area contributed by atoms with Crippen LogP contribution in [0.5, 0.6) is 0 Å². The predicted octanol–water partition coefficient (Wildman–Crippen LogP) is 6.52. The van der Waals surface area contributed by atoms with Gasteiger partial charge in [-0.05, 0) is 29.1 Å². The maximum absolute atomic E-state index is 3.00. The Hall–Kier alpha value is -1.13. The average Bonchev–Trinajstić information content (AvgIpc) is 3.01. The van der Waals surface area contributed by atoms with Gasteiger partial charge in [-0.3, -0.25) is 0 Å². The molecule has 4 aliphatic rings. The molecule has 0 amide bonds. The van der Waals surface area contributed by atoms with Crippen LogP contribution >= 0.6 is 0 Å². The minimum absolute atomic E-state index is 0.520. The first-order valence-corrected chi connectivity index (χ1v) is 8.36. The van der Waals surface area contributed by atoms with Crippen molar-refractivity contribution in [2.24, 2.45) is 22.7 Å². The highest BCUT2D eigenvalue weighted by molar-refractivity contribution is 5.20. The molecule has 0 aromatic heterocycles. The van der Waals surface area contributed by atoms with Gasteiger partial charge in [0.05, 0.1) is 12.2 Å². The van der Waals surface area contributed by atoms with Crippen molar-refractivity contribution >= 4 is 0 Å². The molecule has 0 aromatic carbocycles. The second-order valence-corrected chi connectivity index (χ2v) is 7.34. The van der Waals surface area contributed by atoms with Crippen LogP contribution < -0.4 is 0 Å². The third kappa shape index (κ3) is 4.42. The van der Waals surface area contributed by atoms with E-state index in [4.69, 9.17) is 0 Å². The molecule has 0 aromatic rings. The molecular weight excluding hydrogens is 252 g/mol. The molecule has 0 heteroatoms. The molecule has 0 nitrogen and oxygen atoms in total. The second-order valence-electron chi connectivity index (χ2n) is 7.34. The van der Waals surface area contributed by atoms with Gasteiger partial charge in [0.1, 0.15) is 6.42 Å². The van der Waals surface area contributed by atoms with Gasteiger partial charge in [0.25, 0.3) is 0 Å². The van der Waals surface area contributed by atoms with Gasteiger partial charge in [-0.2, -0.15) is 0 Å². The van der Waals surface area contributed by atoms with E-state index >= 15 is 0 Å². The zero-order valence-electron chi connectivity index (χ0n) is 14.5. The van der Waals surface area contributed by atoms with Crippen LogP contribution in [-0.2, 0) is 0 Å². The smallest absolute Gasteiger partial charge is 0.106 e. The zero-order chi connectivity index (χ0) is 15.9. The number of hydrogen-bond donors (Lipinski definition) is 0. The Morgan fingerprint density at radius 2 is 1.38 bits per heavy atom. The van der Waals surface area contributed by atoms with Gasteiger partial charge >= 0.3 is 0 Å². The lowest BCUT2D eigenvalue weighted by atomic mass is 9.62. The lowest BCUT2D eigenvalue weighted by Gasteiger charge is -2.42. The van der Waals surface area contributed by atoms with Crippen molar-refractivity contribution in [3.8, 4) is 0 Å². The summed E-state index contributed by atoms with van der Waals surface area (Å²) in [5.74, 6) is 1.70. The minimum atomic E-state index is 0.520. The van der Waals surface area contributed by atoms with E-state index in [1.807, 2.05) is 12.2 Å². The van der Waals surface area contributed by atoms with Crippen molar-refractivity contribution < 1.29 is 0 Å². The molecule has 0 radical (unpaired) electrons. The van der Waals surface area contributed by atoms with Crippen molar-refractivity contribution in [1.82, 2.24) is 0 Å². The van der Waals surface area contributed by atoms with Gasteiger partial charge in [-0.25, -0.2) is 0 Å². The molecule has 4 aliphatic carbocycles. The van der Waals surface area contributed by atoms with E-state index in [1.165, 1.54) is 25.7 Å². The Kier molecular flexibility index (Phi) is 6.62. The maximum atomic E-state index is 3.00. The molecule has 0 N–H and O–H groups in total. The van der Waals surface area contributed by atoms with Gasteiger partial charge in [0.15, 0.2) is 6.08 Å². The van der Waals surface area contributed by atoms with E-state index in [9.17, 15) is 0 Å². The summed E-state index contributed by atoms with van der Waals surface area (Å²) >= 11 is 0. The molecule has 2 bridgehead atoms. The molecule has 2 saturated carbocycles. The Morgan fingerprint density at radius 3 is 1.52 bits per heavy atom. The second kappa shape index (κ2) is 7.76. The first kappa shape index (κ1) is 17.9. The van der Waals surface area contributed by atoms with Gasteiger partial charge in [-0.15, -0.1) is 13.2 Å². The van der Waals surface area contributed by atoms with Crippen LogP contribution in [0.4, 0.5) is 0 Å². The van der Waals surface area contributed by atoms with Crippen LogP contribution in [-0.4, -0.2) is 0 Å². The molecule has 2 atom stereocenters. The standard InChI is InChI=1S/C11H18.C5H5.C3H6.C2H4/c1-10(2)8-5-6-9(7-8)11(10,3)4;1-2-4-5-3-1;1-2-3-1;1-2/h5-6,8-9H,7H2,1-4H3;1-3H,4H2;1-3H2;1-2H2/q;+1;;. The fourth-order valence-corrected chi connectivity index (χ4v) is 3.07. The Bertz CT molecular complexity index is 356. The molecule has 116 valence electrons. The summed E-state index contributed by atoms with van der Waals surface area (Å²) in [6.07, 6.45) is 20.8. The van der Waals surface area contributed by atoms with Crippen LogP contribution in [0, 0.1) is 28.7 Å². The largest absolute Gasteiger partial charge is 0.154 e. The third-order valence-electron chi connectivity index (χ3n) is 5.54. The fourth-order valence-electron chi connectivity index (χ4n) is 3.07. The highest BCUT2D eigenvalue weighted by atomic mass is 14.6. The summed E-state index contributed by atoms with van der Waals surface area (Å²) in [6.45, 7) is 15.7. The lowest BCUT2D eigenvalue weighted by Crippen LogP contribution is -2.35. The van der Waals surface area contributed by atoms with Crippen molar-refractivity contribution in [2.75, 3.05) is 0 Å². The van der Waals surface area contributed by atoms with E-state index in [2.05, 4.69) is 65.2 Å². The average molecular weight is 285 g/mol. The summed E-state index contributed by atoms with van der Waals surface area (Å²) in [6, 6.07) is 0. The molecular formula is C21H33+.